The number of piperazine rings is 1. The van der Waals surface area contributed by atoms with Crippen molar-refractivity contribution in [3.63, 3.8) is 0 Å². The second-order valence-corrected chi connectivity index (χ2v) is 7.66. The third kappa shape index (κ3) is 4.05. The first-order chi connectivity index (χ1) is 10.8. The highest BCUT2D eigenvalue weighted by atomic mass is 35.5. The molecule has 3 rings (SSSR count). The Labute approximate surface area is 141 Å². The van der Waals surface area contributed by atoms with Crippen LogP contribution < -0.4 is 4.90 Å². The van der Waals surface area contributed by atoms with Crippen LogP contribution in [-0.2, 0) is 4.74 Å². The van der Waals surface area contributed by atoms with Crippen molar-refractivity contribution in [1.82, 2.24) is 14.9 Å². The van der Waals surface area contributed by atoms with E-state index in [0.29, 0.717) is 30.0 Å². The summed E-state index contributed by atoms with van der Waals surface area (Å²) in [6.07, 6.45) is 5.33. The number of hydrogen-bond donors (Lipinski definition) is 0. The van der Waals surface area contributed by atoms with E-state index in [1.807, 2.05) is 25.7 Å². The molecule has 1 aromatic heterocycles. The number of rotatable bonds is 2. The molecular formula is C16H23ClN4O2. The van der Waals surface area contributed by atoms with Gasteiger partial charge in [-0.15, -0.1) is 0 Å². The van der Waals surface area contributed by atoms with Gasteiger partial charge in [0.25, 0.3) is 0 Å². The van der Waals surface area contributed by atoms with Crippen LogP contribution in [0.3, 0.4) is 0 Å². The molecule has 0 radical (unpaired) electrons. The summed E-state index contributed by atoms with van der Waals surface area (Å²) < 4.78 is 5.56. The molecule has 1 saturated carbocycles. The molecule has 0 aromatic carbocycles. The van der Waals surface area contributed by atoms with Gasteiger partial charge in [0, 0.05) is 19.6 Å². The lowest BCUT2D eigenvalue weighted by atomic mass is 10.1. The standard InChI is InChI=1S/C16H23ClN4O2/c1-16(2,3)23-15(22)21-7-6-20(10-13(21)11-4-5-11)14-18-8-12(17)9-19-14/h8-9,11,13H,4-7,10H2,1-3H3. The van der Waals surface area contributed by atoms with E-state index in [0.717, 1.165) is 6.54 Å². The molecule has 126 valence electrons. The minimum Gasteiger partial charge on any atom is -0.444 e. The van der Waals surface area contributed by atoms with Crippen LogP contribution in [0.25, 0.3) is 0 Å². The molecule has 0 spiro atoms. The Kier molecular flexibility index (Phi) is 4.36. The van der Waals surface area contributed by atoms with Crippen LogP contribution in [-0.4, -0.2) is 52.2 Å². The van der Waals surface area contributed by atoms with Crippen molar-refractivity contribution in [2.24, 2.45) is 5.92 Å². The monoisotopic (exact) mass is 338 g/mol. The number of nitrogens with zero attached hydrogens (tertiary/aromatic N) is 4. The Morgan fingerprint density at radius 1 is 1.26 bits per heavy atom. The maximum absolute atomic E-state index is 12.5. The van der Waals surface area contributed by atoms with Crippen LogP contribution in [0.4, 0.5) is 10.7 Å². The van der Waals surface area contributed by atoms with Gasteiger partial charge in [0.15, 0.2) is 0 Å². The normalized spacial score (nSPS) is 22.2. The van der Waals surface area contributed by atoms with Crippen molar-refractivity contribution in [2.75, 3.05) is 24.5 Å². The SMILES string of the molecule is CC(C)(C)OC(=O)N1CCN(c2ncc(Cl)cn2)CC1C1CC1. The van der Waals surface area contributed by atoms with Gasteiger partial charge in [-0.25, -0.2) is 14.8 Å². The van der Waals surface area contributed by atoms with Crippen LogP contribution in [0.5, 0.6) is 0 Å². The van der Waals surface area contributed by atoms with E-state index in [-0.39, 0.29) is 12.1 Å². The Morgan fingerprint density at radius 3 is 2.48 bits per heavy atom. The zero-order chi connectivity index (χ0) is 16.6. The smallest absolute Gasteiger partial charge is 0.410 e. The van der Waals surface area contributed by atoms with Crippen LogP contribution in [0.15, 0.2) is 12.4 Å². The number of ether oxygens (including phenoxy) is 1. The predicted molar refractivity (Wildman–Crippen MR) is 88.7 cm³/mol. The van der Waals surface area contributed by atoms with Gasteiger partial charge in [-0.1, -0.05) is 11.6 Å². The molecule has 7 heteroatoms. The highest BCUT2D eigenvalue weighted by molar-refractivity contribution is 6.30. The lowest BCUT2D eigenvalue weighted by Crippen LogP contribution is -2.57. The molecule has 6 nitrogen and oxygen atoms in total. The van der Waals surface area contributed by atoms with Crippen molar-refractivity contribution in [3.8, 4) is 0 Å². The first-order valence-electron chi connectivity index (χ1n) is 8.05. The molecule has 1 unspecified atom stereocenters. The second kappa shape index (κ2) is 6.15. The van der Waals surface area contributed by atoms with Gasteiger partial charge < -0.3 is 14.5 Å². The van der Waals surface area contributed by atoms with Crippen LogP contribution in [0, 0.1) is 5.92 Å². The van der Waals surface area contributed by atoms with Crippen molar-refractivity contribution in [2.45, 2.75) is 45.3 Å². The summed E-state index contributed by atoms with van der Waals surface area (Å²) in [5.74, 6) is 1.22. The predicted octanol–water partition coefficient (Wildman–Crippen LogP) is 2.97. The molecule has 1 aromatic rings. The van der Waals surface area contributed by atoms with Gasteiger partial charge in [-0.05, 0) is 39.5 Å². The second-order valence-electron chi connectivity index (χ2n) is 7.23. The molecule has 1 atom stereocenters. The Hall–Kier alpha value is -1.56. The van der Waals surface area contributed by atoms with Gasteiger partial charge in [0.2, 0.25) is 5.95 Å². The molecule has 2 fully saturated rings. The molecular weight excluding hydrogens is 316 g/mol. The number of halogens is 1. The number of anilines is 1. The van der Waals surface area contributed by atoms with Crippen LogP contribution in [0.2, 0.25) is 5.02 Å². The number of hydrogen-bond acceptors (Lipinski definition) is 5. The van der Waals surface area contributed by atoms with E-state index in [4.69, 9.17) is 16.3 Å². The molecule has 0 N–H and O–H groups in total. The van der Waals surface area contributed by atoms with Gasteiger partial charge in [0.1, 0.15) is 5.60 Å². The van der Waals surface area contributed by atoms with E-state index >= 15 is 0 Å². The largest absolute Gasteiger partial charge is 0.444 e. The zero-order valence-electron chi connectivity index (χ0n) is 13.8. The van der Waals surface area contributed by atoms with E-state index in [2.05, 4.69) is 14.9 Å². The van der Waals surface area contributed by atoms with Crippen molar-refractivity contribution in [1.29, 1.82) is 0 Å². The zero-order valence-corrected chi connectivity index (χ0v) is 14.6. The fourth-order valence-corrected chi connectivity index (χ4v) is 2.99. The molecule has 2 heterocycles. The van der Waals surface area contributed by atoms with Crippen molar-refractivity contribution in [3.05, 3.63) is 17.4 Å². The summed E-state index contributed by atoms with van der Waals surface area (Å²) in [5.41, 5.74) is -0.471. The molecule has 2 aliphatic rings. The van der Waals surface area contributed by atoms with Crippen molar-refractivity contribution < 1.29 is 9.53 Å². The molecule has 23 heavy (non-hydrogen) atoms. The van der Waals surface area contributed by atoms with E-state index in [1.165, 1.54) is 12.8 Å². The molecule has 1 amide bonds. The van der Waals surface area contributed by atoms with Gasteiger partial charge >= 0.3 is 6.09 Å². The fraction of sp³-hybridized carbons (Fsp3) is 0.688. The summed E-state index contributed by atoms with van der Waals surface area (Å²) in [6.45, 7) is 7.76. The number of amides is 1. The minimum atomic E-state index is -0.471. The topological polar surface area (TPSA) is 58.6 Å². The summed E-state index contributed by atoms with van der Waals surface area (Å²) in [7, 11) is 0. The maximum atomic E-state index is 12.5. The Balaban J connectivity index is 1.71. The maximum Gasteiger partial charge on any atom is 0.410 e. The number of aromatic nitrogens is 2. The third-order valence-electron chi connectivity index (χ3n) is 4.10. The van der Waals surface area contributed by atoms with Gasteiger partial charge in [0.05, 0.1) is 23.5 Å². The first-order valence-corrected chi connectivity index (χ1v) is 8.43. The average Bonchev–Trinajstić information content (AvgIpc) is 3.30. The number of carbonyl (C=O) groups is 1. The van der Waals surface area contributed by atoms with E-state index in [1.54, 1.807) is 12.4 Å². The molecule has 1 saturated heterocycles. The molecule has 1 aliphatic carbocycles. The molecule has 1 aliphatic heterocycles. The highest BCUT2D eigenvalue weighted by Crippen LogP contribution is 2.37. The van der Waals surface area contributed by atoms with Crippen molar-refractivity contribution >= 4 is 23.6 Å². The van der Waals surface area contributed by atoms with Crippen LogP contribution in [0.1, 0.15) is 33.6 Å². The van der Waals surface area contributed by atoms with E-state index in [9.17, 15) is 4.79 Å². The van der Waals surface area contributed by atoms with Gasteiger partial charge in [-0.2, -0.15) is 0 Å². The third-order valence-corrected chi connectivity index (χ3v) is 4.30. The summed E-state index contributed by atoms with van der Waals surface area (Å²) in [4.78, 5) is 25.1. The lowest BCUT2D eigenvalue weighted by Gasteiger charge is -2.42. The lowest BCUT2D eigenvalue weighted by molar-refractivity contribution is 0.0115. The Morgan fingerprint density at radius 2 is 1.91 bits per heavy atom. The van der Waals surface area contributed by atoms with Crippen LogP contribution >= 0.6 is 11.6 Å². The van der Waals surface area contributed by atoms with E-state index < -0.39 is 5.60 Å². The summed E-state index contributed by atoms with van der Waals surface area (Å²) in [6, 6.07) is 0.165. The average molecular weight is 339 g/mol. The fourth-order valence-electron chi connectivity index (χ4n) is 2.89. The summed E-state index contributed by atoms with van der Waals surface area (Å²) >= 11 is 5.85. The first kappa shape index (κ1) is 16.3. The minimum absolute atomic E-state index is 0.165. The molecule has 0 bridgehead atoms. The summed E-state index contributed by atoms with van der Waals surface area (Å²) in [5, 5.41) is 0.528. The Bertz CT molecular complexity index is 568. The number of carbonyl (C=O) groups excluding carboxylic acids is 1. The quantitative estimate of drug-likeness (QED) is 0.829. The van der Waals surface area contributed by atoms with Gasteiger partial charge in [-0.3, -0.25) is 0 Å². The highest BCUT2D eigenvalue weighted by Gasteiger charge is 2.42.